The van der Waals surface area contributed by atoms with Gasteiger partial charge in [0.05, 0.1) is 12.6 Å². The molecule has 8 heteroatoms. The highest BCUT2D eigenvalue weighted by Crippen LogP contribution is 2.32. The van der Waals surface area contributed by atoms with Gasteiger partial charge in [-0.2, -0.15) is 0 Å². The summed E-state index contributed by atoms with van der Waals surface area (Å²) < 4.78 is 7.25. The van der Waals surface area contributed by atoms with Crippen LogP contribution < -0.4 is 10.6 Å². The number of benzene rings is 2. The average Bonchev–Trinajstić information content (AvgIpc) is 3.52. The van der Waals surface area contributed by atoms with Crippen molar-refractivity contribution in [2.75, 3.05) is 38.7 Å². The molecule has 5 rings (SSSR count). The van der Waals surface area contributed by atoms with Crippen LogP contribution in [-0.4, -0.2) is 59.7 Å². The summed E-state index contributed by atoms with van der Waals surface area (Å²) in [5, 5.41) is 6.37. The molecule has 1 unspecified atom stereocenters. The molecule has 7 nitrogen and oxygen atoms in total. The first kappa shape index (κ1) is 22.6. The van der Waals surface area contributed by atoms with Gasteiger partial charge in [-0.1, -0.05) is 60.7 Å². The maximum absolute atomic E-state index is 13.3. The van der Waals surface area contributed by atoms with Gasteiger partial charge in [-0.3, -0.25) is 14.6 Å². The van der Waals surface area contributed by atoms with E-state index >= 15 is 0 Å². The van der Waals surface area contributed by atoms with Crippen molar-refractivity contribution in [3.8, 4) is 11.3 Å². The third kappa shape index (κ3) is 4.70. The smallest absolute Gasteiger partial charge is 0.320 e. The fourth-order valence-corrected chi connectivity index (χ4v) is 5.48. The number of amides is 2. The van der Waals surface area contributed by atoms with Crippen LogP contribution in [-0.2, 0) is 4.74 Å². The Balaban J connectivity index is 1.39. The number of likely N-dealkylation sites (tertiary alicyclic amines) is 1. The number of hydrogen-bond acceptors (Lipinski definition) is 5. The molecule has 1 fully saturated rings. The number of aryl methyl sites for hydroxylation is 1. The number of imidazole rings is 1. The van der Waals surface area contributed by atoms with Gasteiger partial charge in [-0.25, -0.2) is 9.78 Å². The number of carbonyl (C=O) groups excluding carboxylic acids is 1. The molecule has 1 saturated heterocycles. The number of nitrogens with zero attached hydrogens (tertiary/aromatic N) is 3. The molecule has 3 heterocycles. The van der Waals surface area contributed by atoms with Gasteiger partial charge in [0.25, 0.3) is 0 Å². The Morgan fingerprint density at radius 2 is 1.85 bits per heavy atom. The van der Waals surface area contributed by atoms with Crippen LogP contribution in [0.4, 0.5) is 10.6 Å². The normalized spacial score (nSPS) is 18.4. The van der Waals surface area contributed by atoms with Gasteiger partial charge in [0.1, 0.15) is 11.5 Å². The highest BCUT2D eigenvalue weighted by molar-refractivity contribution is 7.17. The van der Waals surface area contributed by atoms with Gasteiger partial charge >= 0.3 is 6.03 Å². The van der Waals surface area contributed by atoms with E-state index in [0.29, 0.717) is 12.4 Å². The predicted octanol–water partition coefficient (Wildman–Crippen LogP) is 4.61. The zero-order chi connectivity index (χ0) is 23.5. The lowest BCUT2D eigenvalue weighted by molar-refractivity contribution is 0.159. The molecule has 0 saturated carbocycles. The number of nitrogens with one attached hydrogen (secondary N) is 2. The number of rotatable bonds is 7. The molecule has 34 heavy (non-hydrogen) atoms. The van der Waals surface area contributed by atoms with E-state index in [1.54, 1.807) is 18.4 Å². The molecule has 1 aliphatic heterocycles. The van der Waals surface area contributed by atoms with Crippen molar-refractivity contribution in [3.05, 3.63) is 77.3 Å². The molecule has 2 N–H and O–H groups in total. The summed E-state index contributed by atoms with van der Waals surface area (Å²) in [4.78, 5) is 22.5. The van der Waals surface area contributed by atoms with Crippen molar-refractivity contribution in [1.82, 2.24) is 19.6 Å². The van der Waals surface area contributed by atoms with Crippen LogP contribution >= 0.6 is 11.3 Å². The fourth-order valence-electron chi connectivity index (χ4n) is 4.66. The molecular weight excluding hydrogens is 446 g/mol. The Labute approximate surface area is 203 Å². The number of anilines is 1. The first-order chi connectivity index (χ1) is 16.6. The number of aromatic nitrogens is 2. The molecule has 0 spiro atoms. The van der Waals surface area contributed by atoms with Crippen LogP contribution in [0.15, 0.2) is 66.9 Å². The summed E-state index contributed by atoms with van der Waals surface area (Å²) >= 11 is 1.61. The Kier molecular flexibility index (Phi) is 6.62. The second kappa shape index (κ2) is 9.97. The molecule has 0 bridgehead atoms. The van der Waals surface area contributed by atoms with E-state index in [1.807, 2.05) is 53.9 Å². The third-order valence-corrected chi connectivity index (χ3v) is 7.17. The molecule has 1 aliphatic rings. The Hall–Kier alpha value is -3.20. The Morgan fingerprint density at radius 3 is 2.59 bits per heavy atom. The fraction of sp³-hybridized carbons (Fsp3) is 0.308. The van der Waals surface area contributed by atoms with Gasteiger partial charge in [0.15, 0.2) is 4.96 Å². The van der Waals surface area contributed by atoms with Gasteiger partial charge in [-0.15, -0.1) is 11.3 Å². The van der Waals surface area contributed by atoms with Crippen molar-refractivity contribution >= 4 is 28.1 Å². The quantitative estimate of drug-likeness (QED) is 0.410. The SMILES string of the molecule is COCCN1CC(c2ccccc2)[C@H](NC(=O)Nc2c(-c3ccccc3)nc3sc(C)cn23)C1. The number of thiazole rings is 1. The highest BCUT2D eigenvalue weighted by atomic mass is 32.1. The van der Waals surface area contributed by atoms with Crippen molar-refractivity contribution < 1.29 is 9.53 Å². The molecule has 176 valence electrons. The largest absolute Gasteiger partial charge is 0.383 e. The van der Waals surface area contributed by atoms with E-state index in [-0.39, 0.29) is 18.0 Å². The number of hydrogen-bond donors (Lipinski definition) is 2. The van der Waals surface area contributed by atoms with Crippen molar-refractivity contribution in [1.29, 1.82) is 0 Å². The van der Waals surface area contributed by atoms with E-state index in [1.165, 1.54) is 5.56 Å². The number of urea groups is 1. The summed E-state index contributed by atoms with van der Waals surface area (Å²) in [6.45, 7) is 5.22. The molecule has 2 aromatic heterocycles. The second-order valence-electron chi connectivity index (χ2n) is 8.64. The lowest BCUT2D eigenvalue weighted by atomic mass is 9.94. The van der Waals surface area contributed by atoms with E-state index in [9.17, 15) is 4.79 Å². The number of methoxy groups -OCH3 is 1. The van der Waals surface area contributed by atoms with Crippen LogP contribution in [0.2, 0.25) is 0 Å². The zero-order valence-corrected chi connectivity index (χ0v) is 20.2. The van der Waals surface area contributed by atoms with Crippen LogP contribution in [0.3, 0.4) is 0 Å². The van der Waals surface area contributed by atoms with E-state index < -0.39 is 0 Å². The summed E-state index contributed by atoms with van der Waals surface area (Å²) in [6, 6.07) is 20.1. The van der Waals surface area contributed by atoms with Crippen molar-refractivity contribution in [3.63, 3.8) is 0 Å². The minimum Gasteiger partial charge on any atom is -0.383 e. The lowest BCUT2D eigenvalue weighted by Gasteiger charge is -2.20. The third-order valence-electron chi connectivity index (χ3n) is 6.27. The van der Waals surface area contributed by atoms with Gasteiger partial charge in [0, 0.05) is 49.3 Å². The lowest BCUT2D eigenvalue weighted by Crippen LogP contribution is -2.42. The molecule has 2 amide bonds. The van der Waals surface area contributed by atoms with E-state index in [2.05, 4.69) is 39.8 Å². The number of ether oxygens (including phenoxy) is 1. The summed E-state index contributed by atoms with van der Waals surface area (Å²) in [6.07, 6.45) is 2.02. The zero-order valence-electron chi connectivity index (χ0n) is 19.4. The minimum absolute atomic E-state index is 0.00736. The highest BCUT2D eigenvalue weighted by Gasteiger charge is 2.35. The average molecular weight is 476 g/mol. The summed E-state index contributed by atoms with van der Waals surface area (Å²) in [5.41, 5.74) is 2.98. The van der Waals surface area contributed by atoms with Crippen molar-refractivity contribution in [2.45, 2.75) is 18.9 Å². The number of carbonyl (C=O) groups is 1. The summed E-state index contributed by atoms with van der Waals surface area (Å²) in [7, 11) is 1.72. The topological polar surface area (TPSA) is 70.9 Å². The molecule has 4 aromatic rings. The van der Waals surface area contributed by atoms with Crippen LogP contribution in [0.1, 0.15) is 16.4 Å². The molecule has 2 atom stereocenters. The standard InChI is InChI=1S/C26H29N5O2S/c1-18-15-31-24(23(28-26(31)34-18)20-11-7-4-8-12-20)29-25(32)27-22-17-30(13-14-33-2)16-21(22)19-9-5-3-6-10-19/h3-12,15,21-22H,13-14,16-17H2,1-2H3,(H2,27,29,32)/t21?,22-/m1/s1. The molecule has 0 radical (unpaired) electrons. The van der Waals surface area contributed by atoms with Crippen LogP contribution in [0.25, 0.3) is 16.2 Å². The van der Waals surface area contributed by atoms with Gasteiger partial charge in [-0.05, 0) is 12.5 Å². The van der Waals surface area contributed by atoms with Crippen LogP contribution in [0, 0.1) is 6.92 Å². The predicted molar refractivity (Wildman–Crippen MR) is 137 cm³/mol. The molecule has 0 aliphatic carbocycles. The first-order valence-electron chi connectivity index (χ1n) is 11.5. The van der Waals surface area contributed by atoms with Crippen molar-refractivity contribution in [2.24, 2.45) is 0 Å². The Morgan fingerprint density at radius 1 is 1.12 bits per heavy atom. The maximum Gasteiger partial charge on any atom is 0.320 e. The summed E-state index contributed by atoms with van der Waals surface area (Å²) in [5.74, 6) is 0.903. The Bertz CT molecular complexity index is 1250. The van der Waals surface area contributed by atoms with Crippen LogP contribution in [0.5, 0.6) is 0 Å². The van der Waals surface area contributed by atoms with E-state index in [4.69, 9.17) is 9.72 Å². The van der Waals surface area contributed by atoms with Gasteiger partial charge in [0.2, 0.25) is 0 Å². The molecular formula is C26H29N5O2S. The minimum atomic E-state index is -0.220. The first-order valence-corrected chi connectivity index (χ1v) is 12.3. The number of fused-ring (bicyclic) bond motifs is 1. The van der Waals surface area contributed by atoms with Gasteiger partial charge < -0.3 is 10.1 Å². The maximum atomic E-state index is 13.3. The van der Waals surface area contributed by atoms with E-state index in [0.717, 1.165) is 40.7 Å². The second-order valence-corrected chi connectivity index (χ2v) is 9.86. The molecule has 2 aromatic carbocycles. The monoisotopic (exact) mass is 475 g/mol.